The zero-order chi connectivity index (χ0) is 14.8. The molecule has 1 atom stereocenters. The van der Waals surface area contributed by atoms with Gasteiger partial charge in [-0.3, -0.25) is 9.36 Å². The first-order valence-corrected chi connectivity index (χ1v) is 6.97. The van der Waals surface area contributed by atoms with Crippen molar-refractivity contribution < 1.29 is 4.79 Å². The van der Waals surface area contributed by atoms with Crippen molar-refractivity contribution in [2.45, 2.75) is 13.0 Å². The van der Waals surface area contributed by atoms with Crippen LogP contribution in [0.3, 0.4) is 0 Å². The zero-order valence-corrected chi connectivity index (χ0v) is 12.2. The fourth-order valence-electron chi connectivity index (χ4n) is 2.56. The average Bonchev–Trinajstić information content (AvgIpc) is 3.01. The molecule has 0 radical (unpaired) electrons. The lowest BCUT2D eigenvalue weighted by molar-refractivity contribution is 0.0526. The van der Waals surface area contributed by atoms with E-state index in [-0.39, 0.29) is 11.9 Å². The van der Waals surface area contributed by atoms with Crippen LogP contribution in [0.25, 0.3) is 5.82 Å². The smallest absolute Gasteiger partial charge is 0.274 e. The molecular weight excluding hydrogens is 268 g/mol. The molecule has 7 heteroatoms. The fourth-order valence-corrected chi connectivity index (χ4v) is 2.56. The third-order valence-corrected chi connectivity index (χ3v) is 3.73. The predicted octanol–water partition coefficient (Wildman–Crippen LogP) is 0.438. The van der Waals surface area contributed by atoms with E-state index in [1.54, 1.807) is 35.4 Å². The van der Waals surface area contributed by atoms with Crippen molar-refractivity contribution in [3.63, 3.8) is 0 Å². The lowest BCUT2D eigenvalue weighted by Crippen LogP contribution is -2.52. The second kappa shape index (κ2) is 5.61. The summed E-state index contributed by atoms with van der Waals surface area (Å²) in [5.74, 6) is 0.593. The largest absolute Gasteiger partial charge is 0.332 e. The maximum absolute atomic E-state index is 12.5. The van der Waals surface area contributed by atoms with Gasteiger partial charge in [-0.1, -0.05) is 0 Å². The Morgan fingerprint density at radius 1 is 1.29 bits per heavy atom. The number of likely N-dealkylation sites (N-methyl/N-ethyl adjacent to an activating group) is 1. The van der Waals surface area contributed by atoms with Crippen LogP contribution in [-0.2, 0) is 0 Å². The van der Waals surface area contributed by atoms with E-state index in [1.165, 1.54) is 0 Å². The van der Waals surface area contributed by atoms with Crippen molar-refractivity contribution >= 4 is 5.91 Å². The minimum atomic E-state index is -0.0553. The Hall–Kier alpha value is -2.28. The maximum Gasteiger partial charge on any atom is 0.274 e. The summed E-state index contributed by atoms with van der Waals surface area (Å²) in [5.41, 5.74) is 0.385. The molecule has 110 valence electrons. The van der Waals surface area contributed by atoms with Gasteiger partial charge in [-0.2, -0.15) is 0 Å². The van der Waals surface area contributed by atoms with Crippen LogP contribution in [0.2, 0.25) is 0 Å². The molecule has 1 fully saturated rings. The molecule has 21 heavy (non-hydrogen) atoms. The van der Waals surface area contributed by atoms with Crippen molar-refractivity contribution in [2.75, 3.05) is 26.7 Å². The SMILES string of the molecule is C[C@@H]1CN(C)CCN1C(=O)c1ccc(-n2ccnc2)nn1. The van der Waals surface area contributed by atoms with Gasteiger partial charge in [0.1, 0.15) is 6.33 Å². The second-order valence-corrected chi connectivity index (χ2v) is 5.36. The molecule has 1 saturated heterocycles. The first-order valence-electron chi connectivity index (χ1n) is 6.97. The van der Waals surface area contributed by atoms with E-state index in [2.05, 4.69) is 34.1 Å². The standard InChI is InChI=1S/C14H18N6O/c1-11-9-18(2)7-8-20(11)14(21)12-3-4-13(17-16-12)19-6-5-15-10-19/h3-6,10-11H,7-9H2,1-2H3/t11-/m1/s1. The number of hydrogen-bond donors (Lipinski definition) is 0. The fraction of sp³-hybridized carbons (Fsp3) is 0.429. The number of carbonyl (C=O) groups excluding carboxylic acids is 1. The van der Waals surface area contributed by atoms with Gasteiger partial charge in [0.05, 0.1) is 0 Å². The highest BCUT2D eigenvalue weighted by atomic mass is 16.2. The molecule has 0 saturated carbocycles. The van der Waals surface area contributed by atoms with Crippen molar-refractivity contribution in [3.05, 3.63) is 36.5 Å². The third kappa shape index (κ3) is 2.78. The lowest BCUT2D eigenvalue weighted by Gasteiger charge is -2.37. The number of nitrogens with zero attached hydrogens (tertiary/aromatic N) is 6. The summed E-state index contributed by atoms with van der Waals surface area (Å²) < 4.78 is 1.75. The Kier molecular flexibility index (Phi) is 3.66. The Morgan fingerprint density at radius 2 is 2.14 bits per heavy atom. The summed E-state index contributed by atoms with van der Waals surface area (Å²) in [7, 11) is 2.07. The number of imidazole rings is 1. The summed E-state index contributed by atoms with van der Waals surface area (Å²) in [5, 5.41) is 8.15. The van der Waals surface area contributed by atoms with Gasteiger partial charge in [0.2, 0.25) is 0 Å². The van der Waals surface area contributed by atoms with Crippen molar-refractivity contribution in [3.8, 4) is 5.82 Å². The van der Waals surface area contributed by atoms with Crippen molar-refractivity contribution in [2.24, 2.45) is 0 Å². The number of rotatable bonds is 2. The molecule has 2 aromatic rings. The number of hydrogen-bond acceptors (Lipinski definition) is 5. The highest BCUT2D eigenvalue weighted by Gasteiger charge is 2.27. The van der Waals surface area contributed by atoms with Gasteiger partial charge in [0, 0.05) is 38.1 Å². The molecule has 0 aliphatic carbocycles. The molecule has 3 heterocycles. The molecular formula is C14H18N6O. The highest BCUT2D eigenvalue weighted by molar-refractivity contribution is 5.92. The van der Waals surface area contributed by atoms with Crippen LogP contribution in [0.5, 0.6) is 0 Å². The minimum absolute atomic E-state index is 0.0553. The van der Waals surface area contributed by atoms with E-state index >= 15 is 0 Å². The molecule has 0 spiro atoms. The van der Waals surface area contributed by atoms with Gasteiger partial charge >= 0.3 is 0 Å². The second-order valence-electron chi connectivity index (χ2n) is 5.36. The van der Waals surface area contributed by atoms with Crippen LogP contribution in [0.4, 0.5) is 0 Å². The van der Waals surface area contributed by atoms with E-state index in [0.29, 0.717) is 11.5 Å². The first kappa shape index (κ1) is 13.7. The predicted molar refractivity (Wildman–Crippen MR) is 77.1 cm³/mol. The average molecular weight is 286 g/mol. The van der Waals surface area contributed by atoms with Gasteiger partial charge < -0.3 is 9.80 Å². The summed E-state index contributed by atoms with van der Waals surface area (Å²) in [6.45, 7) is 4.55. The van der Waals surface area contributed by atoms with Crippen LogP contribution >= 0.6 is 0 Å². The number of piperazine rings is 1. The molecule has 0 N–H and O–H groups in total. The molecule has 1 aliphatic rings. The van der Waals surface area contributed by atoms with Crippen LogP contribution in [0, 0.1) is 0 Å². The molecule has 1 aliphatic heterocycles. The van der Waals surface area contributed by atoms with E-state index in [4.69, 9.17) is 0 Å². The Balaban J connectivity index is 1.76. The molecule has 0 aromatic carbocycles. The summed E-state index contributed by atoms with van der Waals surface area (Å²) in [4.78, 5) is 20.5. The van der Waals surface area contributed by atoms with Gasteiger partial charge in [0.25, 0.3) is 5.91 Å². The molecule has 7 nitrogen and oxygen atoms in total. The van der Waals surface area contributed by atoms with Crippen LogP contribution in [0.15, 0.2) is 30.9 Å². The van der Waals surface area contributed by atoms with Gasteiger partial charge in [-0.15, -0.1) is 10.2 Å². The first-order chi connectivity index (χ1) is 10.1. The maximum atomic E-state index is 12.5. The Bertz CT molecular complexity index is 609. The highest BCUT2D eigenvalue weighted by Crippen LogP contribution is 2.12. The summed E-state index contributed by atoms with van der Waals surface area (Å²) >= 11 is 0. The number of amides is 1. The molecule has 0 unspecified atom stereocenters. The van der Waals surface area contributed by atoms with E-state index in [0.717, 1.165) is 19.6 Å². The Labute approximate surface area is 123 Å². The zero-order valence-electron chi connectivity index (χ0n) is 12.2. The Morgan fingerprint density at radius 3 is 2.76 bits per heavy atom. The molecule has 0 bridgehead atoms. The third-order valence-electron chi connectivity index (χ3n) is 3.73. The van der Waals surface area contributed by atoms with Gasteiger partial charge in [-0.25, -0.2) is 4.98 Å². The number of aromatic nitrogens is 4. The summed E-state index contributed by atoms with van der Waals surface area (Å²) in [6.07, 6.45) is 5.11. The van der Waals surface area contributed by atoms with Crippen molar-refractivity contribution in [1.82, 2.24) is 29.5 Å². The van der Waals surface area contributed by atoms with E-state index < -0.39 is 0 Å². The van der Waals surface area contributed by atoms with E-state index in [9.17, 15) is 4.79 Å². The van der Waals surface area contributed by atoms with Crippen molar-refractivity contribution in [1.29, 1.82) is 0 Å². The quantitative estimate of drug-likeness (QED) is 0.801. The van der Waals surface area contributed by atoms with E-state index in [1.807, 2.05) is 4.90 Å². The van der Waals surface area contributed by atoms with Gasteiger partial charge in [0.15, 0.2) is 11.5 Å². The number of carbonyl (C=O) groups is 1. The van der Waals surface area contributed by atoms with Crippen LogP contribution in [0.1, 0.15) is 17.4 Å². The topological polar surface area (TPSA) is 67.2 Å². The van der Waals surface area contributed by atoms with Gasteiger partial charge in [-0.05, 0) is 26.1 Å². The summed E-state index contributed by atoms with van der Waals surface area (Å²) in [6, 6.07) is 3.68. The van der Waals surface area contributed by atoms with Crippen LogP contribution in [-0.4, -0.2) is 68.2 Å². The van der Waals surface area contributed by atoms with Crippen LogP contribution < -0.4 is 0 Å². The lowest BCUT2D eigenvalue weighted by atomic mass is 10.2. The monoisotopic (exact) mass is 286 g/mol. The molecule has 3 rings (SSSR count). The normalized spacial score (nSPS) is 19.7. The molecule has 2 aromatic heterocycles. The molecule has 1 amide bonds. The minimum Gasteiger partial charge on any atom is -0.332 e.